The van der Waals surface area contributed by atoms with Crippen LogP contribution < -0.4 is 0 Å². The number of alkyl halides is 6. The average molecular weight is 712 g/mol. The normalized spacial score (nSPS) is 11.9. The molecular formula is C42H23F6N5. The van der Waals surface area contributed by atoms with Crippen LogP contribution in [0.25, 0.3) is 72.8 Å². The molecule has 0 aliphatic rings. The predicted octanol–water partition coefficient (Wildman–Crippen LogP) is 11.5. The van der Waals surface area contributed by atoms with Crippen molar-refractivity contribution in [2.75, 3.05) is 0 Å². The highest BCUT2D eigenvalue weighted by Gasteiger charge is 2.33. The summed E-state index contributed by atoms with van der Waals surface area (Å²) in [5.41, 5.74) is 1.85. The summed E-state index contributed by atoms with van der Waals surface area (Å²) in [5.74, 6) is 0.757. The fraction of sp³-hybridized carbons (Fsp3) is 0.0476. The molecule has 0 radical (unpaired) electrons. The summed E-state index contributed by atoms with van der Waals surface area (Å²) in [5, 5.41) is 10.0. The highest BCUT2D eigenvalue weighted by Crippen LogP contribution is 2.42. The maximum absolute atomic E-state index is 14.2. The fourth-order valence-electron chi connectivity index (χ4n) is 6.39. The van der Waals surface area contributed by atoms with Gasteiger partial charge in [-0.05, 0) is 59.7 Å². The van der Waals surface area contributed by atoms with Crippen molar-refractivity contribution in [3.8, 4) is 57.0 Å². The second-order valence-electron chi connectivity index (χ2n) is 12.3. The fourth-order valence-corrected chi connectivity index (χ4v) is 6.39. The van der Waals surface area contributed by atoms with E-state index in [4.69, 9.17) is 15.0 Å². The van der Waals surface area contributed by atoms with Crippen molar-refractivity contribution in [3.63, 3.8) is 0 Å². The van der Waals surface area contributed by atoms with Gasteiger partial charge in [0.2, 0.25) is 0 Å². The summed E-state index contributed by atoms with van der Waals surface area (Å²) in [6.45, 7) is 0. The first-order valence-electron chi connectivity index (χ1n) is 16.2. The molecule has 8 aromatic rings. The van der Waals surface area contributed by atoms with Gasteiger partial charge in [-0.3, -0.25) is 0 Å². The first-order chi connectivity index (χ1) is 25.5. The van der Waals surface area contributed by atoms with E-state index in [1.807, 2.05) is 60.7 Å². The van der Waals surface area contributed by atoms with Gasteiger partial charge in [0.1, 0.15) is 0 Å². The maximum atomic E-state index is 14.2. The molecule has 53 heavy (non-hydrogen) atoms. The van der Waals surface area contributed by atoms with Crippen LogP contribution >= 0.6 is 0 Å². The molecule has 0 spiro atoms. The highest BCUT2D eigenvalue weighted by molar-refractivity contribution is 6.10. The molecular weight excluding hydrogens is 688 g/mol. The lowest BCUT2D eigenvalue weighted by Gasteiger charge is -2.17. The molecule has 2 aromatic heterocycles. The van der Waals surface area contributed by atoms with Crippen LogP contribution in [0.1, 0.15) is 16.7 Å². The molecule has 0 saturated heterocycles. The Kier molecular flexibility index (Phi) is 8.03. The summed E-state index contributed by atoms with van der Waals surface area (Å²) in [4.78, 5) is 14.5. The zero-order valence-corrected chi connectivity index (χ0v) is 27.3. The third kappa shape index (κ3) is 6.25. The van der Waals surface area contributed by atoms with Gasteiger partial charge in [-0.1, -0.05) is 91.0 Å². The van der Waals surface area contributed by atoms with E-state index in [2.05, 4.69) is 6.07 Å². The molecule has 258 valence electrons. The topological polar surface area (TPSA) is 67.4 Å². The van der Waals surface area contributed by atoms with E-state index in [0.717, 1.165) is 24.3 Å². The van der Waals surface area contributed by atoms with Crippen LogP contribution in [0.15, 0.2) is 140 Å². The van der Waals surface area contributed by atoms with Crippen molar-refractivity contribution < 1.29 is 26.3 Å². The number of hydrogen-bond acceptors (Lipinski definition) is 4. The molecule has 2 heterocycles. The van der Waals surface area contributed by atoms with Gasteiger partial charge < -0.3 is 4.57 Å². The Balaban J connectivity index is 1.49. The Bertz CT molecular complexity index is 2570. The minimum atomic E-state index is -4.72. The zero-order valence-electron chi connectivity index (χ0n) is 27.3. The van der Waals surface area contributed by atoms with Crippen LogP contribution in [0.2, 0.25) is 0 Å². The smallest absolute Gasteiger partial charge is 0.308 e. The molecule has 0 saturated carbocycles. The number of halogens is 6. The third-order valence-electron chi connectivity index (χ3n) is 8.95. The molecule has 0 atom stereocenters. The summed E-state index contributed by atoms with van der Waals surface area (Å²) in [6.07, 6.45) is -9.45. The molecule has 8 rings (SSSR count). The van der Waals surface area contributed by atoms with Crippen molar-refractivity contribution in [1.29, 1.82) is 5.26 Å². The van der Waals surface area contributed by atoms with Crippen LogP contribution in [-0.4, -0.2) is 19.5 Å². The summed E-state index contributed by atoms with van der Waals surface area (Å²) in [6, 6.07) is 38.6. The van der Waals surface area contributed by atoms with Gasteiger partial charge >= 0.3 is 12.4 Å². The van der Waals surface area contributed by atoms with Gasteiger partial charge in [0.25, 0.3) is 0 Å². The van der Waals surface area contributed by atoms with E-state index in [1.54, 1.807) is 42.5 Å². The number of fused-ring (bicyclic) bond motifs is 3. The Morgan fingerprint density at radius 1 is 0.472 bits per heavy atom. The Morgan fingerprint density at radius 2 is 0.943 bits per heavy atom. The Labute approximate surface area is 298 Å². The largest absolute Gasteiger partial charge is 0.416 e. The van der Waals surface area contributed by atoms with Gasteiger partial charge in [-0.15, -0.1) is 0 Å². The minimum absolute atomic E-state index is 0.0437. The Morgan fingerprint density at radius 3 is 1.42 bits per heavy atom. The second-order valence-corrected chi connectivity index (χ2v) is 12.3. The van der Waals surface area contributed by atoms with Gasteiger partial charge in [0.05, 0.1) is 39.5 Å². The third-order valence-corrected chi connectivity index (χ3v) is 8.95. The van der Waals surface area contributed by atoms with E-state index in [0.29, 0.717) is 55.8 Å². The number of nitriles is 1. The first kappa shape index (κ1) is 33.3. The van der Waals surface area contributed by atoms with Crippen LogP contribution in [-0.2, 0) is 12.4 Å². The van der Waals surface area contributed by atoms with E-state index in [9.17, 15) is 31.6 Å². The number of aromatic nitrogens is 4. The van der Waals surface area contributed by atoms with Gasteiger partial charge in [-0.2, -0.15) is 31.6 Å². The lowest BCUT2D eigenvalue weighted by Crippen LogP contribution is -2.07. The molecule has 0 amide bonds. The maximum Gasteiger partial charge on any atom is 0.416 e. The van der Waals surface area contributed by atoms with E-state index in [-0.39, 0.29) is 22.5 Å². The highest BCUT2D eigenvalue weighted by atomic mass is 19.4. The molecule has 0 fully saturated rings. The van der Waals surface area contributed by atoms with E-state index >= 15 is 0 Å². The number of nitrogens with zero attached hydrogens (tertiary/aromatic N) is 5. The van der Waals surface area contributed by atoms with Gasteiger partial charge in [-0.25, -0.2) is 15.0 Å². The monoisotopic (exact) mass is 711 g/mol. The van der Waals surface area contributed by atoms with Crippen molar-refractivity contribution >= 4 is 21.8 Å². The second kappa shape index (κ2) is 12.8. The summed E-state index contributed by atoms with van der Waals surface area (Å²) < 4.78 is 86.4. The molecule has 0 bridgehead atoms. The van der Waals surface area contributed by atoms with Crippen molar-refractivity contribution in [2.24, 2.45) is 0 Å². The lowest BCUT2D eigenvalue weighted by atomic mass is 10.00. The standard InChI is InChI=1S/C42H23F6N5/c43-41(44,45)30-16-18-32-33-19-17-31(42(46,47)48)23-37(33)53(36(32)22-30)35-20-15-29(26-13-11-25(24-49)12-14-26)21-34(35)40-51-38(27-7-3-1-4-8-27)50-39(52-40)28-9-5-2-6-10-28/h1-23H. The van der Waals surface area contributed by atoms with Crippen molar-refractivity contribution in [3.05, 3.63) is 156 Å². The number of hydrogen-bond donors (Lipinski definition) is 0. The van der Waals surface area contributed by atoms with Gasteiger partial charge in [0.15, 0.2) is 17.5 Å². The summed E-state index contributed by atoms with van der Waals surface area (Å²) >= 11 is 0. The minimum Gasteiger partial charge on any atom is -0.308 e. The van der Waals surface area contributed by atoms with Crippen molar-refractivity contribution in [1.82, 2.24) is 19.5 Å². The molecule has 0 aliphatic carbocycles. The molecule has 0 N–H and O–H groups in total. The number of benzene rings is 6. The predicted molar refractivity (Wildman–Crippen MR) is 191 cm³/mol. The molecule has 0 aliphatic heterocycles. The SMILES string of the molecule is N#Cc1ccc(-c2ccc(-n3c4cc(C(F)(F)F)ccc4c4ccc(C(F)(F)F)cc43)c(-c3nc(-c4ccccc4)nc(-c4ccccc4)n3)c2)cc1. The average Bonchev–Trinajstić information content (AvgIpc) is 3.50. The number of rotatable bonds is 5. The van der Waals surface area contributed by atoms with Crippen LogP contribution in [0.3, 0.4) is 0 Å². The molecule has 11 heteroatoms. The van der Waals surface area contributed by atoms with Crippen LogP contribution in [0.4, 0.5) is 26.3 Å². The van der Waals surface area contributed by atoms with Crippen LogP contribution in [0.5, 0.6) is 0 Å². The van der Waals surface area contributed by atoms with Crippen molar-refractivity contribution in [2.45, 2.75) is 12.4 Å². The zero-order chi connectivity index (χ0) is 36.9. The van der Waals surface area contributed by atoms with Crippen LogP contribution in [0, 0.1) is 11.3 Å². The summed E-state index contributed by atoms with van der Waals surface area (Å²) in [7, 11) is 0. The first-order valence-corrected chi connectivity index (χ1v) is 16.2. The molecule has 5 nitrogen and oxygen atoms in total. The molecule has 6 aromatic carbocycles. The Hall–Kier alpha value is -6.80. The molecule has 0 unspecified atom stereocenters. The van der Waals surface area contributed by atoms with E-state index < -0.39 is 23.5 Å². The lowest BCUT2D eigenvalue weighted by molar-refractivity contribution is -0.138. The quantitative estimate of drug-likeness (QED) is 0.167. The van der Waals surface area contributed by atoms with E-state index in [1.165, 1.54) is 16.7 Å². The van der Waals surface area contributed by atoms with Gasteiger partial charge in [0, 0.05) is 27.5 Å².